The van der Waals surface area contributed by atoms with Crippen LogP contribution in [0, 0.1) is 0 Å². The molecule has 0 fully saturated rings. The summed E-state index contributed by atoms with van der Waals surface area (Å²) in [5.74, 6) is -0.934. The molecule has 1 aromatic carbocycles. The van der Waals surface area contributed by atoms with E-state index < -0.39 is 11.9 Å². The number of methoxy groups -OCH3 is 2. The molecule has 5 nitrogen and oxygen atoms in total. The molecule has 6 heteroatoms. The van der Waals surface area contributed by atoms with Gasteiger partial charge in [-0.05, 0) is 18.2 Å². The Morgan fingerprint density at radius 2 is 1.89 bits per heavy atom. The number of nitrogens with zero attached hydrogens (tertiary/aromatic N) is 1. The van der Waals surface area contributed by atoms with E-state index in [-0.39, 0.29) is 0 Å². The van der Waals surface area contributed by atoms with Crippen LogP contribution in [0.3, 0.4) is 0 Å². The van der Waals surface area contributed by atoms with Gasteiger partial charge in [0.15, 0.2) is 0 Å². The molecule has 0 aliphatic heterocycles. The highest BCUT2D eigenvalue weighted by Crippen LogP contribution is 2.27. The maximum absolute atomic E-state index is 11.7. The summed E-state index contributed by atoms with van der Waals surface area (Å²) in [6.45, 7) is 0. The molecular formula is C13H11NO4S. The first-order valence-corrected chi connectivity index (χ1v) is 6.26. The molecule has 0 amide bonds. The number of carbonyl (C=O) groups excluding carboxylic acids is 2. The number of hydrogen-bond acceptors (Lipinski definition) is 6. The van der Waals surface area contributed by atoms with Gasteiger partial charge in [-0.2, -0.15) is 0 Å². The van der Waals surface area contributed by atoms with Gasteiger partial charge in [0.2, 0.25) is 0 Å². The molecule has 0 saturated carbocycles. The van der Waals surface area contributed by atoms with Crippen LogP contribution < -0.4 is 0 Å². The van der Waals surface area contributed by atoms with Gasteiger partial charge < -0.3 is 9.47 Å². The number of esters is 2. The fraction of sp³-hybridized carbons (Fsp3) is 0.154. The van der Waals surface area contributed by atoms with Gasteiger partial charge in [-0.1, -0.05) is 0 Å². The van der Waals surface area contributed by atoms with Crippen LogP contribution in [-0.4, -0.2) is 31.1 Å². The van der Waals surface area contributed by atoms with Crippen molar-refractivity contribution in [1.29, 1.82) is 0 Å². The third kappa shape index (κ3) is 2.63. The smallest absolute Gasteiger partial charge is 0.338 e. The molecule has 1 heterocycles. The summed E-state index contributed by atoms with van der Waals surface area (Å²) in [7, 11) is 2.61. The SMILES string of the molecule is COC(=O)c1ccc(C(=O)OC)c(-c2nccs2)c1. The van der Waals surface area contributed by atoms with E-state index in [1.807, 2.05) is 0 Å². The maximum atomic E-state index is 11.7. The second kappa shape index (κ2) is 5.62. The summed E-state index contributed by atoms with van der Waals surface area (Å²) in [5, 5.41) is 2.44. The molecule has 0 unspecified atom stereocenters. The summed E-state index contributed by atoms with van der Waals surface area (Å²) in [5.41, 5.74) is 1.29. The molecule has 0 aliphatic rings. The van der Waals surface area contributed by atoms with Crippen molar-refractivity contribution >= 4 is 23.3 Å². The molecule has 0 N–H and O–H groups in total. The zero-order valence-electron chi connectivity index (χ0n) is 10.4. The lowest BCUT2D eigenvalue weighted by molar-refractivity contribution is 0.0587. The van der Waals surface area contributed by atoms with E-state index in [0.717, 1.165) is 0 Å². The minimum absolute atomic E-state index is 0.361. The van der Waals surface area contributed by atoms with Crippen molar-refractivity contribution in [2.75, 3.05) is 14.2 Å². The maximum Gasteiger partial charge on any atom is 0.338 e. The Bertz CT molecular complexity index is 607. The van der Waals surface area contributed by atoms with Gasteiger partial charge in [-0.25, -0.2) is 14.6 Å². The zero-order chi connectivity index (χ0) is 13.8. The Morgan fingerprint density at radius 3 is 2.47 bits per heavy atom. The predicted molar refractivity (Wildman–Crippen MR) is 70.2 cm³/mol. The third-order valence-corrected chi connectivity index (χ3v) is 3.32. The van der Waals surface area contributed by atoms with Gasteiger partial charge in [-0.15, -0.1) is 11.3 Å². The van der Waals surface area contributed by atoms with Crippen LogP contribution in [0.15, 0.2) is 29.8 Å². The van der Waals surface area contributed by atoms with Crippen molar-refractivity contribution in [2.24, 2.45) is 0 Å². The average molecular weight is 277 g/mol. The Balaban J connectivity index is 2.57. The Kier molecular flexibility index (Phi) is 3.91. The van der Waals surface area contributed by atoms with Crippen molar-refractivity contribution in [3.63, 3.8) is 0 Å². The second-order valence-electron chi connectivity index (χ2n) is 3.58. The van der Waals surface area contributed by atoms with Crippen LogP contribution in [0.2, 0.25) is 0 Å². The van der Waals surface area contributed by atoms with E-state index in [1.165, 1.54) is 37.7 Å². The topological polar surface area (TPSA) is 65.5 Å². The molecule has 1 aromatic heterocycles. The largest absolute Gasteiger partial charge is 0.465 e. The van der Waals surface area contributed by atoms with Crippen molar-refractivity contribution in [2.45, 2.75) is 0 Å². The number of hydrogen-bond donors (Lipinski definition) is 0. The Morgan fingerprint density at radius 1 is 1.16 bits per heavy atom. The van der Waals surface area contributed by atoms with Crippen molar-refractivity contribution in [1.82, 2.24) is 4.98 Å². The van der Waals surface area contributed by atoms with Crippen LogP contribution in [0.25, 0.3) is 10.6 Å². The molecule has 19 heavy (non-hydrogen) atoms. The van der Waals surface area contributed by atoms with E-state index in [2.05, 4.69) is 9.72 Å². The number of ether oxygens (including phenoxy) is 2. The first-order valence-electron chi connectivity index (χ1n) is 5.38. The van der Waals surface area contributed by atoms with E-state index in [0.29, 0.717) is 21.7 Å². The van der Waals surface area contributed by atoms with E-state index >= 15 is 0 Å². The van der Waals surface area contributed by atoms with E-state index in [1.54, 1.807) is 17.6 Å². The normalized spacial score (nSPS) is 10.0. The van der Waals surface area contributed by atoms with Gasteiger partial charge in [0, 0.05) is 17.1 Å². The molecule has 2 rings (SSSR count). The average Bonchev–Trinajstić information content (AvgIpc) is 2.99. The van der Waals surface area contributed by atoms with E-state index in [4.69, 9.17) is 4.74 Å². The lowest BCUT2D eigenvalue weighted by atomic mass is 10.0. The van der Waals surface area contributed by atoms with Gasteiger partial charge >= 0.3 is 11.9 Å². The highest BCUT2D eigenvalue weighted by Gasteiger charge is 2.18. The Labute approximate surface area is 113 Å². The minimum atomic E-state index is -0.471. The summed E-state index contributed by atoms with van der Waals surface area (Å²) >= 11 is 1.38. The third-order valence-electron chi connectivity index (χ3n) is 2.51. The van der Waals surface area contributed by atoms with Gasteiger partial charge in [0.25, 0.3) is 0 Å². The van der Waals surface area contributed by atoms with Gasteiger partial charge in [0.1, 0.15) is 5.01 Å². The fourth-order valence-corrected chi connectivity index (χ4v) is 2.28. The van der Waals surface area contributed by atoms with Crippen LogP contribution in [0.1, 0.15) is 20.7 Å². The number of benzene rings is 1. The zero-order valence-corrected chi connectivity index (χ0v) is 11.2. The molecule has 98 valence electrons. The van der Waals surface area contributed by atoms with Crippen LogP contribution >= 0.6 is 11.3 Å². The standard InChI is InChI=1S/C13H11NO4S/c1-17-12(15)8-3-4-9(13(16)18-2)10(7-8)11-14-5-6-19-11/h3-7H,1-2H3. The van der Waals surface area contributed by atoms with Gasteiger partial charge in [0.05, 0.1) is 25.3 Å². The first kappa shape index (κ1) is 13.2. The first-order chi connectivity index (χ1) is 9.17. The van der Waals surface area contributed by atoms with Crippen LogP contribution in [0.4, 0.5) is 0 Å². The van der Waals surface area contributed by atoms with Crippen LogP contribution in [0.5, 0.6) is 0 Å². The lowest BCUT2D eigenvalue weighted by Gasteiger charge is -2.07. The highest BCUT2D eigenvalue weighted by molar-refractivity contribution is 7.13. The number of carbonyl (C=O) groups is 2. The molecule has 0 spiro atoms. The fourth-order valence-electron chi connectivity index (χ4n) is 1.61. The number of aromatic nitrogens is 1. The van der Waals surface area contributed by atoms with Gasteiger partial charge in [-0.3, -0.25) is 0 Å². The summed E-state index contributed by atoms with van der Waals surface area (Å²) in [6.07, 6.45) is 1.63. The van der Waals surface area contributed by atoms with Crippen molar-refractivity contribution in [3.05, 3.63) is 40.9 Å². The summed E-state index contributed by atoms with van der Waals surface area (Å²) in [6, 6.07) is 4.64. The molecule has 2 aromatic rings. The van der Waals surface area contributed by atoms with Crippen molar-refractivity contribution < 1.29 is 19.1 Å². The monoisotopic (exact) mass is 277 g/mol. The molecule has 0 radical (unpaired) electrons. The predicted octanol–water partition coefficient (Wildman–Crippen LogP) is 2.38. The van der Waals surface area contributed by atoms with Crippen LogP contribution in [-0.2, 0) is 9.47 Å². The highest BCUT2D eigenvalue weighted by atomic mass is 32.1. The van der Waals surface area contributed by atoms with Crippen molar-refractivity contribution in [3.8, 4) is 10.6 Å². The quantitative estimate of drug-likeness (QED) is 0.806. The summed E-state index contributed by atoms with van der Waals surface area (Å²) in [4.78, 5) is 27.4. The lowest BCUT2D eigenvalue weighted by Crippen LogP contribution is -2.07. The summed E-state index contributed by atoms with van der Waals surface area (Å²) < 4.78 is 9.39. The molecular weight excluding hydrogens is 266 g/mol. The number of rotatable bonds is 3. The molecule has 0 aliphatic carbocycles. The molecule has 0 bridgehead atoms. The Hall–Kier alpha value is -2.21. The minimum Gasteiger partial charge on any atom is -0.465 e. The number of thiazole rings is 1. The second-order valence-corrected chi connectivity index (χ2v) is 4.48. The van der Waals surface area contributed by atoms with E-state index in [9.17, 15) is 9.59 Å². The molecule has 0 atom stereocenters. The molecule has 0 saturated heterocycles.